The highest BCUT2D eigenvalue weighted by molar-refractivity contribution is 5.43. The van der Waals surface area contributed by atoms with E-state index in [-0.39, 0.29) is 0 Å². The number of hydrogen-bond donors (Lipinski definition) is 1. The summed E-state index contributed by atoms with van der Waals surface area (Å²) in [5, 5.41) is 3.64. The van der Waals surface area contributed by atoms with E-state index < -0.39 is 0 Å². The fourth-order valence-electron chi connectivity index (χ4n) is 3.21. The second kappa shape index (κ2) is 5.44. The van der Waals surface area contributed by atoms with E-state index in [4.69, 9.17) is 0 Å². The van der Waals surface area contributed by atoms with Crippen LogP contribution >= 0.6 is 0 Å². The Balaban J connectivity index is 2.28. The summed E-state index contributed by atoms with van der Waals surface area (Å²) in [6.07, 6.45) is 5.03. The van der Waals surface area contributed by atoms with Crippen LogP contribution < -0.4 is 5.32 Å². The molecule has 0 amide bonds. The van der Waals surface area contributed by atoms with Crippen molar-refractivity contribution in [2.24, 2.45) is 0 Å². The standard InChI is InChI=1S/C17H27N/c1-5-7-8-13-9-10-15-14(11-13)16(18-6-2)12-17(15,3)4/h9-11,16,18H,5-8,12H2,1-4H3. The van der Waals surface area contributed by atoms with Crippen LogP contribution in [0.2, 0.25) is 0 Å². The summed E-state index contributed by atoms with van der Waals surface area (Å²) in [6, 6.07) is 7.72. The first-order valence-corrected chi connectivity index (χ1v) is 7.45. The van der Waals surface area contributed by atoms with Gasteiger partial charge in [-0.1, -0.05) is 52.3 Å². The van der Waals surface area contributed by atoms with Gasteiger partial charge in [0.05, 0.1) is 0 Å². The van der Waals surface area contributed by atoms with Gasteiger partial charge >= 0.3 is 0 Å². The van der Waals surface area contributed by atoms with Crippen molar-refractivity contribution < 1.29 is 0 Å². The van der Waals surface area contributed by atoms with Crippen LogP contribution in [-0.4, -0.2) is 6.54 Å². The second-order valence-electron chi connectivity index (χ2n) is 6.22. The van der Waals surface area contributed by atoms with Gasteiger partial charge in [-0.15, -0.1) is 0 Å². The van der Waals surface area contributed by atoms with Crippen molar-refractivity contribution in [3.8, 4) is 0 Å². The van der Waals surface area contributed by atoms with Gasteiger partial charge in [-0.05, 0) is 47.9 Å². The molecule has 1 atom stereocenters. The van der Waals surface area contributed by atoms with Crippen molar-refractivity contribution in [2.45, 2.75) is 64.8 Å². The zero-order valence-electron chi connectivity index (χ0n) is 12.3. The average Bonchev–Trinajstić information content (AvgIpc) is 2.59. The van der Waals surface area contributed by atoms with Gasteiger partial charge in [-0.3, -0.25) is 0 Å². The third-order valence-corrected chi connectivity index (χ3v) is 4.20. The molecule has 0 saturated heterocycles. The monoisotopic (exact) mass is 245 g/mol. The first-order chi connectivity index (χ1) is 8.58. The van der Waals surface area contributed by atoms with Crippen molar-refractivity contribution >= 4 is 0 Å². The first kappa shape index (κ1) is 13.6. The number of nitrogens with one attached hydrogen (secondary N) is 1. The van der Waals surface area contributed by atoms with Crippen LogP contribution in [0.3, 0.4) is 0 Å². The van der Waals surface area contributed by atoms with Gasteiger partial charge in [0.25, 0.3) is 0 Å². The summed E-state index contributed by atoms with van der Waals surface area (Å²) < 4.78 is 0. The van der Waals surface area contributed by atoms with E-state index in [2.05, 4.69) is 51.2 Å². The van der Waals surface area contributed by atoms with Crippen LogP contribution in [0.5, 0.6) is 0 Å². The third kappa shape index (κ3) is 2.61. The molecule has 1 heteroatoms. The molecule has 0 saturated carbocycles. The Morgan fingerprint density at radius 2 is 2.06 bits per heavy atom. The fourth-order valence-corrected chi connectivity index (χ4v) is 3.21. The molecule has 0 heterocycles. The highest BCUT2D eigenvalue weighted by atomic mass is 14.9. The Hall–Kier alpha value is -0.820. The molecule has 1 aliphatic rings. The maximum Gasteiger partial charge on any atom is 0.0331 e. The van der Waals surface area contributed by atoms with Gasteiger partial charge in [0, 0.05) is 6.04 Å². The molecule has 2 rings (SSSR count). The lowest BCUT2D eigenvalue weighted by molar-refractivity contribution is 0.434. The smallest absolute Gasteiger partial charge is 0.0331 e. The van der Waals surface area contributed by atoms with E-state index in [1.165, 1.54) is 31.2 Å². The van der Waals surface area contributed by atoms with Crippen molar-refractivity contribution in [2.75, 3.05) is 6.54 Å². The van der Waals surface area contributed by atoms with Gasteiger partial charge < -0.3 is 5.32 Å². The summed E-state index contributed by atoms with van der Waals surface area (Å²) in [7, 11) is 0. The number of fused-ring (bicyclic) bond motifs is 1. The van der Waals surface area contributed by atoms with Gasteiger partial charge in [-0.25, -0.2) is 0 Å². The van der Waals surface area contributed by atoms with E-state index in [9.17, 15) is 0 Å². The Kier molecular flexibility index (Phi) is 4.11. The predicted octanol–water partition coefficient (Wildman–Crippen LogP) is 4.36. The number of benzene rings is 1. The van der Waals surface area contributed by atoms with Crippen LogP contribution in [0.4, 0.5) is 0 Å². The Morgan fingerprint density at radius 3 is 2.72 bits per heavy atom. The zero-order valence-corrected chi connectivity index (χ0v) is 12.3. The minimum absolute atomic E-state index is 0.325. The van der Waals surface area contributed by atoms with Crippen molar-refractivity contribution in [3.63, 3.8) is 0 Å². The van der Waals surface area contributed by atoms with Crippen LogP contribution in [0.15, 0.2) is 18.2 Å². The molecule has 1 unspecified atom stereocenters. The zero-order chi connectivity index (χ0) is 13.2. The molecular weight excluding hydrogens is 218 g/mol. The summed E-state index contributed by atoms with van der Waals surface area (Å²) >= 11 is 0. The average molecular weight is 245 g/mol. The minimum atomic E-state index is 0.325. The third-order valence-electron chi connectivity index (χ3n) is 4.20. The van der Waals surface area contributed by atoms with Gasteiger partial charge in [-0.2, -0.15) is 0 Å². The van der Waals surface area contributed by atoms with E-state index in [0.717, 1.165) is 6.54 Å². The molecule has 1 N–H and O–H groups in total. The molecule has 0 aromatic heterocycles. The molecule has 1 nitrogen and oxygen atoms in total. The maximum absolute atomic E-state index is 3.64. The van der Waals surface area contributed by atoms with Gasteiger partial charge in [0.1, 0.15) is 0 Å². The molecule has 1 aromatic rings. The second-order valence-corrected chi connectivity index (χ2v) is 6.22. The molecule has 0 bridgehead atoms. The molecule has 1 aromatic carbocycles. The van der Waals surface area contributed by atoms with Crippen molar-refractivity contribution in [1.82, 2.24) is 5.32 Å². The SMILES string of the molecule is CCCCc1ccc2c(c1)C(NCC)CC2(C)C. The lowest BCUT2D eigenvalue weighted by Gasteiger charge is -2.19. The normalized spacial score (nSPS) is 21.0. The lowest BCUT2D eigenvalue weighted by atomic mass is 9.86. The van der Waals surface area contributed by atoms with Crippen molar-refractivity contribution in [3.05, 3.63) is 34.9 Å². The Labute approximate surface area is 112 Å². The number of unbranched alkanes of at least 4 members (excludes halogenated alkanes) is 1. The highest BCUT2D eigenvalue weighted by Crippen LogP contribution is 2.44. The number of aryl methyl sites for hydroxylation is 1. The number of rotatable bonds is 5. The molecule has 0 spiro atoms. The predicted molar refractivity (Wildman–Crippen MR) is 79.1 cm³/mol. The fraction of sp³-hybridized carbons (Fsp3) is 0.647. The molecule has 0 fully saturated rings. The van der Waals surface area contributed by atoms with Crippen molar-refractivity contribution in [1.29, 1.82) is 0 Å². The summed E-state index contributed by atoms with van der Waals surface area (Å²) in [6.45, 7) is 10.3. The Bertz CT molecular complexity index is 406. The van der Waals surface area contributed by atoms with Gasteiger partial charge in [0.15, 0.2) is 0 Å². The first-order valence-electron chi connectivity index (χ1n) is 7.45. The quantitative estimate of drug-likeness (QED) is 0.812. The van der Waals surface area contributed by atoms with E-state index >= 15 is 0 Å². The maximum atomic E-state index is 3.64. The van der Waals surface area contributed by atoms with E-state index in [1.807, 2.05) is 0 Å². The molecular formula is C17H27N. The largest absolute Gasteiger partial charge is 0.310 e. The summed E-state index contributed by atoms with van der Waals surface area (Å²) in [4.78, 5) is 0. The van der Waals surface area contributed by atoms with E-state index in [0.29, 0.717) is 11.5 Å². The van der Waals surface area contributed by atoms with Gasteiger partial charge in [0.2, 0.25) is 0 Å². The summed E-state index contributed by atoms with van der Waals surface area (Å²) in [5.74, 6) is 0. The number of hydrogen-bond acceptors (Lipinski definition) is 1. The van der Waals surface area contributed by atoms with Crippen LogP contribution in [0, 0.1) is 0 Å². The topological polar surface area (TPSA) is 12.0 Å². The molecule has 0 radical (unpaired) electrons. The van der Waals surface area contributed by atoms with Crippen LogP contribution in [0.1, 0.15) is 69.7 Å². The highest BCUT2D eigenvalue weighted by Gasteiger charge is 2.36. The van der Waals surface area contributed by atoms with Crippen LogP contribution in [0.25, 0.3) is 0 Å². The van der Waals surface area contributed by atoms with Crippen LogP contribution in [-0.2, 0) is 11.8 Å². The molecule has 18 heavy (non-hydrogen) atoms. The Morgan fingerprint density at radius 1 is 1.28 bits per heavy atom. The molecule has 100 valence electrons. The molecule has 0 aliphatic heterocycles. The lowest BCUT2D eigenvalue weighted by Crippen LogP contribution is -2.20. The minimum Gasteiger partial charge on any atom is -0.310 e. The van der Waals surface area contributed by atoms with E-state index in [1.54, 1.807) is 11.1 Å². The summed E-state index contributed by atoms with van der Waals surface area (Å²) in [5.41, 5.74) is 4.94. The molecule has 1 aliphatic carbocycles.